The summed E-state index contributed by atoms with van der Waals surface area (Å²) in [6.45, 7) is 0.365. The van der Waals surface area contributed by atoms with Crippen molar-refractivity contribution in [2.24, 2.45) is 5.41 Å². The molecule has 1 N–H and O–H groups in total. The number of aromatic amines is 1. The molecule has 1 heterocycles. The molecular formula is C15H19N3O3S. The van der Waals surface area contributed by atoms with E-state index in [2.05, 4.69) is 10.1 Å². The Morgan fingerprint density at radius 1 is 1.27 bits per heavy atom. The van der Waals surface area contributed by atoms with Crippen LogP contribution in [-0.2, 0) is 22.8 Å². The first-order chi connectivity index (χ1) is 10.4. The second-order valence-corrected chi connectivity index (χ2v) is 8.41. The van der Waals surface area contributed by atoms with Gasteiger partial charge in [-0.3, -0.25) is 4.98 Å². The molecule has 1 aromatic carbocycles. The van der Waals surface area contributed by atoms with E-state index in [0.717, 1.165) is 18.4 Å². The first kappa shape index (κ1) is 15.0. The molecule has 1 aliphatic carbocycles. The van der Waals surface area contributed by atoms with Gasteiger partial charge in [0.05, 0.1) is 12.3 Å². The van der Waals surface area contributed by atoms with Crippen molar-refractivity contribution in [3.8, 4) is 0 Å². The Morgan fingerprint density at radius 2 is 1.95 bits per heavy atom. The van der Waals surface area contributed by atoms with Crippen LogP contribution in [0.2, 0.25) is 0 Å². The van der Waals surface area contributed by atoms with Gasteiger partial charge >= 0.3 is 5.69 Å². The van der Waals surface area contributed by atoms with Crippen LogP contribution in [0.4, 0.5) is 0 Å². The average Bonchev–Trinajstić information content (AvgIpc) is 3.07. The molecule has 1 saturated carbocycles. The van der Waals surface area contributed by atoms with Crippen molar-refractivity contribution >= 4 is 9.84 Å². The van der Waals surface area contributed by atoms with Crippen LogP contribution in [0.3, 0.4) is 0 Å². The number of rotatable bonds is 6. The fourth-order valence-corrected chi connectivity index (χ4v) is 4.27. The van der Waals surface area contributed by atoms with Crippen molar-refractivity contribution in [2.45, 2.75) is 25.8 Å². The molecule has 1 fully saturated rings. The molecule has 0 bridgehead atoms. The van der Waals surface area contributed by atoms with Gasteiger partial charge in [0.15, 0.2) is 0 Å². The monoisotopic (exact) mass is 321 g/mol. The second-order valence-electron chi connectivity index (χ2n) is 6.27. The van der Waals surface area contributed by atoms with Gasteiger partial charge in [-0.2, -0.15) is 5.10 Å². The normalized spacial score (nSPS) is 16.6. The minimum Gasteiger partial charge on any atom is -0.292 e. The summed E-state index contributed by atoms with van der Waals surface area (Å²) in [5, 5.41) is 4.31. The van der Waals surface area contributed by atoms with E-state index in [1.807, 2.05) is 30.3 Å². The Hall–Kier alpha value is -1.89. The van der Waals surface area contributed by atoms with Gasteiger partial charge in [0.2, 0.25) is 0 Å². The second kappa shape index (κ2) is 5.39. The smallest absolute Gasteiger partial charge is 0.292 e. The molecule has 0 amide bonds. The zero-order valence-electron chi connectivity index (χ0n) is 12.4. The maximum absolute atomic E-state index is 12.0. The van der Waals surface area contributed by atoms with E-state index in [1.165, 1.54) is 10.9 Å². The number of hydrogen-bond acceptors (Lipinski definition) is 4. The van der Waals surface area contributed by atoms with E-state index in [9.17, 15) is 13.2 Å². The molecule has 0 atom stereocenters. The molecular weight excluding hydrogens is 302 g/mol. The fourth-order valence-electron chi connectivity index (χ4n) is 2.78. The van der Waals surface area contributed by atoms with Crippen LogP contribution < -0.4 is 5.69 Å². The van der Waals surface area contributed by atoms with Crippen molar-refractivity contribution in [1.29, 1.82) is 0 Å². The van der Waals surface area contributed by atoms with E-state index in [1.54, 1.807) is 0 Å². The highest BCUT2D eigenvalue weighted by atomic mass is 32.2. The summed E-state index contributed by atoms with van der Waals surface area (Å²) in [4.78, 5) is 14.7. The SMILES string of the molecule is CS(=O)(=O)CC1(Cn2nc(Cc3ccccc3)[nH]c2=O)CC1. The zero-order chi connectivity index (χ0) is 15.8. The Bertz CT molecular complexity index is 817. The van der Waals surface area contributed by atoms with Crippen LogP contribution in [0.25, 0.3) is 0 Å². The molecule has 0 aliphatic heterocycles. The summed E-state index contributed by atoms with van der Waals surface area (Å²) < 4.78 is 24.4. The number of sulfone groups is 1. The maximum atomic E-state index is 12.0. The molecule has 3 rings (SSSR count). The van der Waals surface area contributed by atoms with E-state index in [-0.39, 0.29) is 16.9 Å². The summed E-state index contributed by atoms with van der Waals surface area (Å²) in [7, 11) is -3.05. The molecule has 6 nitrogen and oxygen atoms in total. The number of hydrogen-bond donors (Lipinski definition) is 1. The van der Waals surface area contributed by atoms with Crippen LogP contribution in [0.1, 0.15) is 24.2 Å². The Morgan fingerprint density at radius 3 is 2.55 bits per heavy atom. The molecule has 0 unspecified atom stereocenters. The summed E-state index contributed by atoms with van der Waals surface area (Å²) in [5.41, 5.74) is 0.489. The number of H-pyrrole nitrogens is 1. The number of benzene rings is 1. The van der Waals surface area contributed by atoms with Crippen molar-refractivity contribution in [3.63, 3.8) is 0 Å². The third-order valence-electron chi connectivity index (χ3n) is 3.95. The molecule has 0 spiro atoms. The molecule has 1 aromatic heterocycles. The first-order valence-corrected chi connectivity index (χ1v) is 9.29. The largest absolute Gasteiger partial charge is 0.343 e. The predicted octanol–water partition coefficient (Wildman–Crippen LogP) is 0.987. The highest BCUT2D eigenvalue weighted by molar-refractivity contribution is 7.90. The van der Waals surface area contributed by atoms with E-state index >= 15 is 0 Å². The Kier molecular flexibility index (Phi) is 3.68. The van der Waals surface area contributed by atoms with E-state index in [4.69, 9.17) is 0 Å². The highest BCUT2D eigenvalue weighted by Gasteiger charge is 2.46. The highest BCUT2D eigenvalue weighted by Crippen LogP contribution is 2.47. The quantitative estimate of drug-likeness (QED) is 0.860. The molecule has 0 saturated heterocycles. The van der Waals surface area contributed by atoms with Crippen LogP contribution >= 0.6 is 0 Å². The number of nitrogens with zero attached hydrogens (tertiary/aromatic N) is 2. The lowest BCUT2D eigenvalue weighted by molar-refractivity contribution is 0.420. The first-order valence-electron chi connectivity index (χ1n) is 7.23. The summed E-state index contributed by atoms with van der Waals surface area (Å²) in [6.07, 6.45) is 3.45. The Labute approximate surface area is 129 Å². The van der Waals surface area contributed by atoms with Gasteiger partial charge in [0.25, 0.3) is 0 Å². The molecule has 118 valence electrons. The summed E-state index contributed by atoms with van der Waals surface area (Å²) in [5.74, 6) is 0.721. The van der Waals surface area contributed by atoms with Crippen LogP contribution in [0.5, 0.6) is 0 Å². The maximum Gasteiger partial charge on any atom is 0.343 e. The molecule has 0 radical (unpaired) electrons. The van der Waals surface area contributed by atoms with Crippen molar-refractivity contribution in [1.82, 2.24) is 14.8 Å². The van der Waals surface area contributed by atoms with Crippen molar-refractivity contribution in [3.05, 3.63) is 52.2 Å². The van der Waals surface area contributed by atoms with E-state index < -0.39 is 9.84 Å². The van der Waals surface area contributed by atoms with Gasteiger partial charge in [-0.1, -0.05) is 30.3 Å². The lowest BCUT2D eigenvalue weighted by atomic mass is 10.1. The number of aromatic nitrogens is 3. The van der Waals surface area contributed by atoms with E-state index in [0.29, 0.717) is 18.8 Å². The average molecular weight is 321 g/mol. The third-order valence-corrected chi connectivity index (χ3v) is 5.09. The minimum absolute atomic E-state index is 0.118. The van der Waals surface area contributed by atoms with Gasteiger partial charge in [-0.05, 0) is 18.4 Å². The molecule has 7 heteroatoms. The van der Waals surface area contributed by atoms with Gasteiger partial charge in [-0.25, -0.2) is 17.9 Å². The predicted molar refractivity (Wildman–Crippen MR) is 83.5 cm³/mol. The Balaban J connectivity index is 1.75. The van der Waals surface area contributed by atoms with Gasteiger partial charge in [0, 0.05) is 18.1 Å². The molecule has 2 aromatic rings. The molecule has 1 aliphatic rings. The fraction of sp³-hybridized carbons (Fsp3) is 0.467. The zero-order valence-corrected chi connectivity index (χ0v) is 13.3. The van der Waals surface area contributed by atoms with Crippen LogP contribution in [0, 0.1) is 5.41 Å². The minimum atomic E-state index is -3.05. The van der Waals surface area contributed by atoms with Crippen molar-refractivity contribution in [2.75, 3.05) is 12.0 Å². The van der Waals surface area contributed by atoms with Crippen LogP contribution in [0.15, 0.2) is 35.1 Å². The van der Waals surface area contributed by atoms with Gasteiger partial charge in [0.1, 0.15) is 15.7 Å². The van der Waals surface area contributed by atoms with Crippen LogP contribution in [-0.4, -0.2) is 35.2 Å². The molecule has 22 heavy (non-hydrogen) atoms. The number of nitrogens with one attached hydrogen (secondary N) is 1. The standard InChI is InChI=1S/C15H19N3O3S/c1-22(20,21)11-15(7-8-15)10-18-14(19)16-13(17-18)9-12-5-3-2-4-6-12/h2-6H,7-11H2,1H3,(H,16,17,19). The lowest BCUT2D eigenvalue weighted by Gasteiger charge is -2.12. The van der Waals surface area contributed by atoms with Crippen molar-refractivity contribution < 1.29 is 8.42 Å². The third kappa shape index (κ3) is 3.65. The van der Waals surface area contributed by atoms with Gasteiger partial charge in [-0.15, -0.1) is 0 Å². The topological polar surface area (TPSA) is 84.8 Å². The summed E-state index contributed by atoms with van der Waals surface area (Å²) in [6, 6.07) is 9.77. The summed E-state index contributed by atoms with van der Waals surface area (Å²) >= 11 is 0. The van der Waals surface area contributed by atoms with Gasteiger partial charge < -0.3 is 0 Å². The lowest BCUT2D eigenvalue weighted by Crippen LogP contribution is -2.28.